The number of halogens is 1. The first kappa shape index (κ1) is 22.3. The molecule has 4 aromatic rings. The number of carbonyl (C=O) groups excluding carboxylic acids is 1. The zero-order valence-electron chi connectivity index (χ0n) is 19.7. The highest BCUT2D eigenvalue weighted by atomic mass is 19.1. The number of hydrogen-bond donors (Lipinski definition) is 0. The third kappa shape index (κ3) is 4.23. The molecule has 0 radical (unpaired) electrons. The number of carbonyl (C=O) groups is 1. The number of benzene rings is 3. The normalized spacial score (nSPS) is 15.7. The van der Waals surface area contributed by atoms with E-state index in [1.807, 2.05) is 65.6 Å². The molecule has 1 saturated heterocycles. The molecule has 1 atom stereocenters. The van der Waals surface area contributed by atoms with Crippen molar-refractivity contribution in [2.75, 3.05) is 13.1 Å². The topological polar surface area (TPSA) is 38.1 Å². The van der Waals surface area contributed by atoms with Crippen molar-refractivity contribution in [2.45, 2.75) is 38.6 Å². The number of aromatic nitrogens is 2. The Hall–Kier alpha value is -3.47. The van der Waals surface area contributed by atoms with Gasteiger partial charge in [-0.25, -0.2) is 9.37 Å². The molecule has 174 valence electrons. The van der Waals surface area contributed by atoms with Crippen LogP contribution in [0.5, 0.6) is 0 Å². The number of fused-ring (bicyclic) bond motifs is 1. The third-order valence-corrected chi connectivity index (χ3v) is 6.92. The van der Waals surface area contributed by atoms with E-state index in [4.69, 9.17) is 4.98 Å². The smallest absolute Gasteiger partial charge is 0.230 e. The van der Waals surface area contributed by atoms with Gasteiger partial charge in [-0.05, 0) is 42.5 Å². The number of imidazole rings is 1. The second kappa shape index (κ2) is 9.41. The monoisotopic (exact) mass is 455 g/mol. The minimum atomic E-state index is -0.261. The van der Waals surface area contributed by atoms with Crippen LogP contribution in [0.15, 0.2) is 78.9 Å². The quantitative estimate of drug-likeness (QED) is 0.347. The van der Waals surface area contributed by atoms with Gasteiger partial charge >= 0.3 is 0 Å². The highest BCUT2D eigenvalue weighted by molar-refractivity contribution is 5.84. The lowest BCUT2D eigenvalue weighted by atomic mass is 9.86. The lowest BCUT2D eigenvalue weighted by Crippen LogP contribution is -2.42. The van der Waals surface area contributed by atoms with Gasteiger partial charge in [0.2, 0.25) is 5.91 Å². The van der Waals surface area contributed by atoms with E-state index in [2.05, 4.69) is 18.4 Å². The highest BCUT2D eigenvalue weighted by Gasteiger charge is 2.32. The van der Waals surface area contributed by atoms with Crippen LogP contribution in [0, 0.1) is 11.7 Å². The summed E-state index contributed by atoms with van der Waals surface area (Å²) in [5.74, 6) is 0.877. The van der Waals surface area contributed by atoms with Gasteiger partial charge in [0.05, 0.1) is 17.0 Å². The van der Waals surface area contributed by atoms with Crippen molar-refractivity contribution in [2.24, 2.45) is 5.92 Å². The standard InChI is InChI=1S/C29H30FN3O/c1-20(2)27(21-9-5-3-6-10-21)29(34)32-17-15-24(16-18-32)33-26-19-23(30)13-14-25(26)31-28(33)22-11-7-4-8-12-22/h3-14,19-20,24,27H,15-18H2,1-2H3/t27-/m1/s1. The van der Waals surface area contributed by atoms with E-state index in [0.717, 1.165) is 40.8 Å². The zero-order chi connectivity index (χ0) is 23.7. The molecule has 2 heterocycles. The molecule has 0 N–H and O–H groups in total. The molecule has 5 rings (SSSR count). The molecule has 4 nitrogen and oxygen atoms in total. The summed E-state index contributed by atoms with van der Waals surface area (Å²) in [5, 5.41) is 0. The van der Waals surface area contributed by atoms with Gasteiger partial charge in [0.15, 0.2) is 0 Å². The Bertz CT molecular complexity index is 1270. The summed E-state index contributed by atoms with van der Waals surface area (Å²) in [5.41, 5.74) is 3.70. The minimum Gasteiger partial charge on any atom is -0.342 e. The van der Waals surface area contributed by atoms with Crippen molar-refractivity contribution < 1.29 is 9.18 Å². The second-order valence-corrected chi connectivity index (χ2v) is 9.49. The fourth-order valence-electron chi connectivity index (χ4n) is 5.24. The fraction of sp³-hybridized carbons (Fsp3) is 0.310. The van der Waals surface area contributed by atoms with Crippen molar-refractivity contribution in [1.29, 1.82) is 0 Å². The molecule has 0 bridgehead atoms. The lowest BCUT2D eigenvalue weighted by molar-refractivity contribution is -0.135. The molecule has 34 heavy (non-hydrogen) atoms. The summed E-state index contributed by atoms with van der Waals surface area (Å²) in [6, 6.07) is 25.1. The van der Waals surface area contributed by atoms with Crippen LogP contribution in [0.2, 0.25) is 0 Å². The maximum Gasteiger partial charge on any atom is 0.230 e. The molecule has 0 spiro atoms. The molecule has 5 heteroatoms. The van der Waals surface area contributed by atoms with E-state index in [1.165, 1.54) is 6.07 Å². The first-order valence-corrected chi connectivity index (χ1v) is 12.1. The fourth-order valence-corrected chi connectivity index (χ4v) is 5.24. The summed E-state index contributed by atoms with van der Waals surface area (Å²) in [6.45, 7) is 5.59. The Kier molecular flexibility index (Phi) is 6.18. The molecule has 1 fully saturated rings. The van der Waals surface area contributed by atoms with E-state index in [9.17, 15) is 9.18 Å². The van der Waals surface area contributed by atoms with Crippen LogP contribution in [-0.2, 0) is 4.79 Å². The van der Waals surface area contributed by atoms with E-state index in [-0.39, 0.29) is 29.6 Å². The number of rotatable bonds is 5. The lowest BCUT2D eigenvalue weighted by Gasteiger charge is -2.36. The predicted molar refractivity (Wildman–Crippen MR) is 134 cm³/mol. The van der Waals surface area contributed by atoms with Crippen molar-refractivity contribution in [3.8, 4) is 11.4 Å². The maximum atomic E-state index is 14.2. The van der Waals surface area contributed by atoms with Gasteiger partial charge < -0.3 is 9.47 Å². The van der Waals surface area contributed by atoms with E-state index in [0.29, 0.717) is 13.1 Å². The average molecular weight is 456 g/mol. The third-order valence-electron chi connectivity index (χ3n) is 6.92. The Morgan fingerprint density at radius 3 is 2.24 bits per heavy atom. The Labute approximate surface area is 200 Å². The number of nitrogens with zero attached hydrogens (tertiary/aromatic N) is 3. The van der Waals surface area contributed by atoms with Crippen LogP contribution in [0.4, 0.5) is 4.39 Å². The largest absolute Gasteiger partial charge is 0.342 e. The van der Waals surface area contributed by atoms with Gasteiger partial charge in [-0.3, -0.25) is 4.79 Å². The molecule has 0 saturated carbocycles. The van der Waals surface area contributed by atoms with E-state index in [1.54, 1.807) is 12.1 Å². The maximum absolute atomic E-state index is 14.2. The van der Waals surface area contributed by atoms with Gasteiger partial charge in [-0.1, -0.05) is 74.5 Å². The van der Waals surface area contributed by atoms with Crippen LogP contribution in [0.3, 0.4) is 0 Å². The Morgan fingerprint density at radius 2 is 1.59 bits per heavy atom. The van der Waals surface area contributed by atoms with E-state index < -0.39 is 0 Å². The molecule has 0 aliphatic carbocycles. The van der Waals surface area contributed by atoms with Gasteiger partial charge in [-0.15, -0.1) is 0 Å². The van der Waals surface area contributed by atoms with Crippen molar-refractivity contribution in [1.82, 2.24) is 14.5 Å². The van der Waals surface area contributed by atoms with Gasteiger partial charge in [-0.2, -0.15) is 0 Å². The van der Waals surface area contributed by atoms with Gasteiger partial charge in [0, 0.05) is 24.7 Å². The van der Waals surface area contributed by atoms with Crippen LogP contribution >= 0.6 is 0 Å². The Morgan fingerprint density at radius 1 is 0.941 bits per heavy atom. The molecule has 1 aromatic heterocycles. The van der Waals surface area contributed by atoms with Crippen LogP contribution < -0.4 is 0 Å². The summed E-state index contributed by atoms with van der Waals surface area (Å²) < 4.78 is 16.4. The first-order valence-electron chi connectivity index (χ1n) is 12.1. The molecule has 1 amide bonds. The summed E-state index contributed by atoms with van der Waals surface area (Å²) in [6.07, 6.45) is 1.63. The SMILES string of the molecule is CC(C)[C@@H](C(=O)N1CCC(n2c(-c3ccccc3)nc3ccc(F)cc32)CC1)c1ccccc1. The average Bonchev–Trinajstić information content (AvgIpc) is 3.24. The van der Waals surface area contributed by atoms with Gasteiger partial charge in [0.1, 0.15) is 11.6 Å². The number of amides is 1. The number of piperidine rings is 1. The van der Waals surface area contributed by atoms with Crippen LogP contribution in [0.25, 0.3) is 22.4 Å². The molecule has 1 aliphatic rings. The number of hydrogen-bond acceptors (Lipinski definition) is 2. The van der Waals surface area contributed by atoms with Gasteiger partial charge in [0.25, 0.3) is 0 Å². The summed E-state index contributed by atoms with van der Waals surface area (Å²) in [4.78, 5) is 20.4. The predicted octanol–water partition coefficient (Wildman–Crippen LogP) is 6.45. The summed E-state index contributed by atoms with van der Waals surface area (Å²) >= 11 is 0. The summed E-state index contributed by atoms with van der Waals surface area (Å²) in [7, 11) is 0. The van der Waals surface area contributed by atoms with Crippen LogP contribution in [-0.4, -0.2) is 33.4 Å². The molecule has 3 aromatic carbocycles. The zero-order valence-corrected chi connectivity index (χ0v) is 19.7. The van der Waals surface area contributed by atoms with Crippen molar-refractivity contribution in [3.63, 3.8) is 0 Å². The minimum absolute atomic E-state index is 0.138. The van der Waals surface area contributed by atoms with Crippen molar-refractivity contribution in [3.05, 3.63) is 90.2 Å². The van der Waals surface area contributed by atoms with Crippen LogP contribution in [0.1, 0.15) is 44.2 Å². The van der Waals surface area contributed by atoms with Crippen molar-refractivity contribution >= 4 is 16.9 Å². The molecule has 1 aliphatic heterocycles. The molecule has 0 unspecified atom stereocenters. The molecular weight excluding hydrogens is 425 g/mol. The highest BCUT2D eigenvalue weighted by Crippen LogP contribution is 2.35. The van der Waals surface area contributed by atoms with E-state index >= 15 is 0 Å². The number of likely N-dealkylation sites (tertiary alicyclic amines) is 1. The Balaban J connectivity index is 1.42. The first-order chi connectivity index (χ1) is 16.5. The molecular formula is C29H30FN3O. The second-order valence-electron chi connectivity index (χ2n) is 9.49.